The number of ether oxygens (including phenoxy) is 2. The van der Waals surface area contributed by atoms with Gasteiger partial charge in [-0.25, -0.2) is 4.79 Å². The van der Waals surface area contributed by atoms with E-state index in [0.717, 1.165) is 29.6 Å². The van der Waals surface area contributed by atoms with Crippen molar-refractivity contribution < 1.29 is 19.1 Å². The molecule has 0 spiro atoms. The Hall–Kier alpha value is -2.10. The summed E-state index contributed by atoms with van der Waals surface area (Å²) in [6, 6.07) is 10.1. The van der Waals surface area contributed by atoms with Gasteiger partial charge in [-0.05, 0) is 42.7 Å². The summed E-state index contributed by atoms with van der Waals surface area (Å²) in [5.74, 6) is 0.916. The fraction of sp³-hybridized carbons (Fsp3) is 0.500. The average Bonchev–Trinajstić information content (AvgIpc) is 3.02. The van der Waals surface area contributed by atoms with Crippen molar-refractivity contribution in [3.63, 3.8) is 0 Å². The number of allylic oxidation sites excluding steroid dienone is 1. The zero-order valence-corrected chi connectivity index (χ0v) is 14.0. The Labute approximate surface area is 141 Å². The zero-order valence-electron chi connectivity index (χ0n) is 14.0. The number of rotatable bonds is 4. The molecule has 5 atom stereocenters. The van der Waals surface area contributed by atoms with Gasteiger partial charge in [0.15, 0.2) is 0 Å². The van der Waals surface area contributed by atoms with Crippen molar-refractivity contribution in [2.24, 2.45) is 23.7 Å². The standard InChI is InChI=1S/C20H22O4/c1-3-23-20(22)19-16(12-7-5-4-6-8-12)17-13-9-14(18(17)19)15(10-13)24-11(2)21/h4-8,13-15,17-18H,3,9-10H2,1-2H3/t13-,14+,15-,17+,18+/m1/s1. The summed E-state index contributed by atoms with van der Waals surface area (Å²) in [5.41, 5.74) is 3.10. The third-order valence-electron chi connectivity index (χ3n) is 5.80. The molecule has 4 nitrogen and oxygen atoms in total. The van der Waals surface area contributed by atoms with E-state index in [2.05, 4.69) is 12.1 Å². The highest BCUT2D eigenvalue weighted by molar-refractivity contribution is 6.03. The second-order valence-corrected chi connectivity index (χ2v) is 7.01. The van der Waals surface area contributed by atoms with E-state index in [0.29, 0.717) is 18.4 Å². The third kappa shape index (κ3) is 2.20. The van der Waals surface area contributed by atoms with Crippen molar-refractivity contribution in [1.82, 2.24) is 0 Å². The Balaban J connectivity index is 1.71. The zero-order chi connectivity index (χ0) is 16.8. The highest BCUT2D eigenvalue weighted by Crippen LogP contribution is 2.66. The van der Waals surface area contributed by atoms with Gasteiger partial charge in [0.2, 0.25) is 0 Å². The number of carbonyl (C=O) groups is 2. The van der Waals surface area contributed by atoms with Gasteiger partial charge in [-0.2, -0.15) is 0 Å². The molecule has 0 saturated heterocycles. The van der Waals surface area contributed by atoms with Gasteiger partial charge < -0.3 is 9.47 Å². The van der Waals surface area contributed by atoms with Crippen LogP contribution in [0.15, 0.2) is 35.9 Å². The second-order valence-electron chi connectivity index (χ2n) is 7.01. The van der Waals surface area contributed by atoms with Gasteiger partial charge in [0.05, 0.1) is 6.61 Å². The minimum absolute atomic E-state index is 0.0458. The smallest absolute Gasteiger partial charge is 0.334 e. The number of carbonyl (C=O) groups excluding carboxylic acids is 2. The van der Waals surface area contributed by atoms with E-state index in [1.807, 2.05) is 25.1 Å². The normalized spacial score (nSPS) is 33.0. The number of hydrogen-bond donors (Lipinski definition) is 0. The van der Waals surface area contributed by atoms with E-state index in [-0.39, 0.29) is 29.9 Å². The lowest BCUT2D eigenvalue weighted by Gasteiger charge is -2.46. The molecular formula is C20H22O4. The van der Waals surface area contributed by atoms with Crippen molar-refractivity contribution in [3.05, 3.63) is 41.5 Å². The maximum atomic E-state index is 12.6. The van der Waals surface area contributed by atoms with Gasteiger partial charge >= 0.3 is 11.9 Å². The van der Waals surface area contributed by atoms with Crippen LogP contribution in [-0.4, -0.2) is 24.6 Å². The summed E-state index contributed by atoms with van der Waals surface area (Å²) < 4.78 is 10.8. The predicted molar refractivity (Wildman–Crippen MR) is 88.7 cm³/mol. The van der Waals surface area contributed by atoms with E-state index in [4.69, 9.17) is 9.47 Å². The molecule has 24 heavy (non-hydrogen) atoms. The maximum Gasteiger partial charge on any atom is 0.334 e. The molecule has 0 radical (unpaired) electrons. The Morgan fingerprint density at radius 1 is 1.12 bits per heavy atom. The molecule has 126 valence electrons. The van der Waals surface area contributed by atoms with E-state index in [1.165, 1.54) is 6.92 Å². The van der Waals surface area contributed by atoms with Gasteiger partial charge in [0.25, 0.3) is 0 Å². The molecule has 0 heterocycles. The summed E-state index contributed by atoms with van der Waals surface area (Å²) in [6.07, 6.45) is 1.90. The predicted octanol–water partition coefficient (Wildman–Crippen LogP) is 3.22. The van der Waals surface area contributed by atoms with Crippen LogP contribution in [0.4, 0.5) is 0 Å². The molecule has 0 aromatic heterocycles. The van der Waals surface area contributed by atoms with Crippen LogP contribution >= 0.6 is 0 Å². The maximum absolute atomic E-state index is 12.6. The highest BCUT2D eigenvalue weighted by atomic mass is 16.5. The lowest BCUT2D eigenvalue weighted by atomic mass is 9.59. The summed E-state index contributed by atoms with van der Waals surface area (Å²) in [5, 5.41) is 0. The first-order valence-corrected chi connectivity index (χ1v) is 8.75. The molecule has 2 fully saturated rings. The van der Waals surface area contributed by atoms with Crippen LogP contribution < -0.4 is 0 Å². The van der Waals surface area contributed by atoms with Gasteiger partial charge in [-0.3, -0.25) is 4.79 Å². The molecule has 0 amide bonds. The first kappa shape index (κ1) is 15.4. The SMILES string of the molecule is CCOC(=O)C1=C(c2ccccc2)[C@@H]2[C@@H]3C[C@H]([C@H]12)[C@H](OC(C)=O)C3. The molecule has 2 bridgehead atoms. The monoisotopic (exact) mass is 326 g/mol. The first-order valence-electron chi connectivity index (χ1n) is 8.75. The van der Waals surface area contributed by atoms with Crippen molar-refractivity contribution in [1.29, 1.82) is 0 Å². The summed E-state index contributed by atoms with van der Waals surface area (Å²) in [6.45, 7) is 3.67. The molecule has 4 rings (SSSR count). The number of hydrogen-bond acceptors (Lipinski definition) is 4. The van der Waals surface area contributed by atoms with Crippen LogP contribution in [0.2, 0.25) is 0 Å². The molecule has 4 heteroatoms. The lowest BCUT2D eigenvalue weighted by Crippen LogP contribution is -2.44. The van der Waals surface area contributed by atoms with Crippen molar-refractivity contribution >= 4 is 17.5 Å². The summed E-state index contributed by atoms with van der Waals surface area (Å²) >= 11 is 0. The lowest BCUT2D eigenvalue weighted by molar-refractivity contribution is -0.150. The molecule has 3 aliphatic carbocycles. The van der Waals surface area contributed by atoms with E-state index < -0.39 is 0 Å². The second kappa shape index (κ2) is 5.76. The molecular weight excluding hydrogens is 304 g/mol. The van der Waals surface area contributed by atoms with Crippen LogP contribution in [0.1, 0.15) is 32.3 Å². The fourth-order valence-corrected chi connectivity index (χ4v) is 5.14. The first-order chi connectivity index (χ1) is 11.6. The van der Waals surface area contributed by atoms with Gasteiger partial charge in [0, 0.05) is 24.3 Å². The van der Waals surface area contributed by atoms with Crippen LogP contribution in [-0.2, 0) is 19.1 Å². The molecule has 3 aliphatic rings. The number of esters is 2. The minimum atomic E-state index is -0.228. The Morgan fingerprint density at radius 3 is 2.54 bits per heavy atom. The molecule has 0 aliphatic heterocycles. The van der Waals surface area contributed by atoms with Gasteiger partial charge in [-0.1, -0.05) is 30.3 Å². The Morgan fingerprint density at radius 2 is 1.88 bits per heavy atom. The van der Waals surface area contributed by atoms with E-state index in [9.17, 15) is 9.59 Å². The van der Waals surface area contributed by atoms with Crippen LogP contribution in [0.3, 0.4) is 0 Å². The largest absolute Gasteiger partial charge is 0.463 e. The Bertz CT molecular complexity index is 706. The quantitative estimate of drug-likeness (QED) is 0.797. The summed E-state index contributed by atoms with van der Waals surface area (Å²) in [7, 11) is 0. The third-order valence-corrected chi connectivity index (χ3v) is 5.80. The van der Waals surface area contributed by atoms with Crippen molar-refractivity contribution in [2.45, 2.75) is 32.8 Å². The number of fused-ring (bicyclic) bond motifs is 5. The van der Waals surface area contributed by atoms with E-state index in [1.54, 1.807) is 0 Å². The summed E-state index contributed by atoms with van der Waals surface area (Å²) in [4.78, 5) is 23.9. The molecule has 1 aromatic carbocycles. The highest BCUT2D eigenvalue weighted by Gasteiger charge is 2.63. The van der Waals surface area contributed by atoms with Crippen LogP contribution in [0, 0.1) is 23.7 Å². The average molecular weight is 326 g/mol. The Kier molecular flexibility index (Phi) is 3.70. The fourth-order valence-electron chi connectivity index (χ4n) is 5.14. The van der Waals surface area contributed by atoms with Gasteiger partial charge in [-0.15, -0.1) is 0 Å². The molecule has 0 N–H and O–H groups in total. The molecule has 0 unspecified atom stereocenters. The minimum Gasteiger partial charge on any atom is -0.463 e. The van der Waals surface area contributed by atoms with Crippen LogP contribution in [0.5, 0.6) is 0 Å². The molecule has 1 aromatic rings. The number of benzene rings is 1. The van der Waals surface area contributed by atoms with E-state index >= 15 is 0 Å². The van der Waals surface area contributed by atoms with Crippen molar-refractivity contribution in [3.8, 4) is 0 Å². The van der Waals surface area contributed by atoms with Gasteiger partial charge in [0.1, 0.15) is 6.10 Å². The van der Waals surface area contributed by atoms with Crippen LogP contribution in [0.25, 0.3) is 5.57 Å². The van der Waals surface area contributed by atoms with Crippen molar-refractivity contribution in [2.75, 3.05) is 6.61 Å². The molecule has 2 saturated carbocycles. The topological polar surface area (TPSA) is 52.6 Å².